The molecule has 0 fully saturated rings. The Hall–Kier alpha value is -1.96. The fraction of sp³-hybridized carbons (Fsp3) is 0.474. The second-order valence-electron chi connectivity index (χ2n) is 6.76. The fourth-order valence-electron chi connectivity index (χ4n) is 3.62. The van der Waals surface area contributed by atoms with Gasteiger partial charge in [-0.15, -0.1) is 11.3 Å². The third kappa shape index (κ3) is 3.00. The van der Waals surface area contributed by atoms with Crippen LogP contribution >= 0.6 is 11.3 Å². The number of fused-ring (bicyclic) bond motifs is 1. The Morgan fingerprint density at radius 1 is 1.31 bits per heavy atom. The highest BCUT2D eigenvalue weighted by Gasteiger charge is 2.25. The first-order valence-electron chi connectivity index (χ1n) is 9.02. The number of aliphatic hydroxyl groups is 1. The molecule has 0 aromatic carbocycles. The van der Waals surface area contributed by atoms with E-state index in [0.717, 1.165) is 60.5 Å². The lowest BCUT2D eigenvalue weighted by Crippen LogP contribution is -2.31. The van der Waals surface area contributed by atoms with Gasteiger partial charge in [0.25, 0.3) is 0 Å². The van der Waals surface area contributed by atoms with E-state index in [1.54, 1.807) is 11.3 Å². The van der Waals surface area contributed by atoms with Gasteiger partial charge in [0.2, 0.25) is 5.89 Å². The first-order valence-corrected chi connectivity index (χ1v) is 9.90. The standard InChI is InChI=1S/C19H24N4O2S/c1-4-23-17-5-7-22(9-14(17)16(11-24)21-23)10-15-13(3)25-19(20-15)18-12(2)6-8-26-18/h6,8,24H,4-5,7,9-11H2,1-3H3. The van der Waals surface area contributed by atoms with Gasteiger partial charge in [0.15, 0.2) is 0 Å². The molecule has 0 spiro atoms. The summed E-state index contributed by atoms with van der Waals surface area (Å²) in [7, 11) is 0. The summed E-state index contributed by atoms with van der Waals surface area (Å²) in [6.07, 6.45) is 0.948. The normalized spacial score (nSPS) is 14.8. The first-order chi connectivity index (χ1) is 12.6. The molecule has 0 amide bonds. The van der Waals surface area contributed by atoms with Gasteiger partial charge in [0.05, 0.1) is 22.9 Å². The number of aromatic nitrogens is 3. The van der Waals surface area contributed by atoms with E-state index in [2.05, 4.69) is 35.3 Å². The molecule has 0 saturated carbocycles. The summed E-state index contributed by atoms with van der Waals surface area (Å²) >= 11 is 1.66. The van der Waals surface area contributed by atoms with Gasteiger partial charge in [-0.1, -0.05) is 0 Å². The zero-order chi connectivity index (χ0) is 18.3. The van der Waals surface area contributed by atoms with Crippen molar-refractivity contribution in [1.29, 1.82) is 0 Å². The van der Waals surface area contributed by atoms with Crippen LogP contribution in [0, 0.1) is 13.8 Å². The van der Waals surface area contributed by atoms with Crippen LogP contribution in [0.15, 0.2) is 15.9 Å². The average molecular weight is 372 g/mol. The van der Waals surface area contributed by atoms with Gasteiger partial charge in [0.1, 0.15) is 5.76 Å². The molecule has 1 N–H and O–H groups in total. The van der Waals surface area contributed by atoms with Crippen molar-refractivity contribution < 1.29 is 9.52 Å². The Bertz CT molecular complexity index is 924. The summed E-state index contributed by atoms with van der Waals surface area (Å²) in [4.78, 5) is 8.22. The molecule has 4 heterocycles. The van der Waals surface area contributed by atoms with Crippen molar-refractivity contribution in [1.82, 2.24) is 19.7 Å². The highest BCUT2D eigenvalue weighted by Crippen LogP contribution is 2.31. The fourth-order valence-corrected chi connectivity index (χ4v) is 4.47. The van der Waals surface area contributed by atoms with Crippen molar-refractivity contribution in [3.63, 3.8) is 0 Å². The van der Waals surface area contributed by atoms with E-state index >= 15 is 0 Å². The largest absolute Gasteiger partial charge is 0.440 e. The van der Waals surface area contributed by atoms with E-state index in [4.69, 9.17) is 9.40 Å². The molecule has 3 aromatic rings. The predicted octanol–water partition coefficient (Wildman–Crippen LogP) is 3.29. The Morgan fingerprint density at radius 3 is 2.85 bits per heavy atom. The molecule has 0 unspecified atom stereocenters. The second kappa shape index (κ2) is 6.98. The van der Waals surface area contributed by atoms with Crippen LogP contribution in [-0.4, -0.2) is 31.3 Å². The van der Waals surface area contributed by atoms with E-state index in [9.17, 15) is 5.11 Å². The van der Waals surface area contributed by atoms with Crippen LogP contribution in [0.1, 0.15) is 40.9 Å². The minimum Gasteiger partial charge on any atom is -0.440 e. The number of hydrogen-bond donors (Lipinski definition) is 1. The number of rotatable bonds is 5. The molecule has 4 rings (SSSR count). The molecule has 1 aliphatic rings. The number of thiophene rings is 1. The first kappa shape index (κ1) is 17.5. The van der Waals surface area contributed by atoms with Gasteiger partial charge >= 0.3 is 0 Å². The number of nitrogens with zero attached hydrogens (tertiary/aromatic N) is 4. The number of oxazole rings is 1. The van der Waals surface area contributed by atoms with Crippen LogP contribution in [0.5, 0.6) is 0 Å². The average Bonchev–Trinajstić information content (AvgIpc) is 3.32. The number of hydrogen-bond acceptors (Lipinski definition) is 6. The summed E-state index contributed by atoms with van der Waals surface area (Å²) < 4.78 is 7.96. The van der Waals surface area contributed by atoms with Crippen LogP contribution in [0.3, 0.4) is 0 Å². The van der Waals surface area contributed by atoms with Crippen molar-refractivity contribution >= 4 is 11.3 Å². The van der Waals surface area contributed by atoms with E-state index in [1.165, 1.54) is 16.8 Å². The molecule has 26 heavy (non-hydrogen) atoms. The van der Waals surface area contributed by atoms with Crippen molar-refractivity contribution in [2.45, 2.75) is 53.4 Å². The quantitative estimate of drug-likeness (QED) is 0.744. The molecule has 3 aromatic heterocycles. The summed E-state index contributed by atoms with van der Waals surface area (Å²) in [5.74, 6) is 1.60. The lowest BCUT2D eigenvalue weighted by atomic mass is 10.0. The number of aliphatic hydroxyl groups excluding tert-OH is 1. The minimum atomic E-state index is -0.00599. The van der Waals surface area contributed by atoms with Crippen molar-refractivity contribution in [3.8, 4) is 10.8 Å². The van der Waals surface area contributed by atoms with E-state index in [0.29, 0.717) is 0 Å². The highest BCUT2D eigenvalue weighted by molar-refractivity contribution is 7.13. The summed E-state index contributed by atoms with van der Waals surface area (Å²) in [6, 6.07) is 2.09. The lowest BCUT2D eigenvalue weighted by Gasteiger charge is -2.27. The van der Waals surface area contributed by atoms with Gasteiger partial charge in [-0.25, -0.2) is 4.98 Å². The molecule has 0 radical (unpaired) electrons. The summed E-state index contributed by atoms with van der Waals surface area (Å²) in [6.45, 7) is 9.50. The maximum atomic E-state index is 9.64. The second-order valence-corrected chi connectivity index (χ2v) is 7.68. The van der Waals surface area contributed by atoms with Crippen LogP contribution in [0.4, 0.5) is 0 Å². The summed E-state index contributed by atoms with van der Waals surface area (Å²) in [5, 5.41) is 16.2. The third-order valence-electron chi connectivity index (χ3n) is 5.07. The van der Waals surface area contributed by atoms with Gasteiger partial charge in [-0.05, 0) is 37.8 Å². The van der Waals surface area contributed by atoms with Crippen LogP contribution in [0.2, 0.25) is 0 Å². The molecule has 0 atom stereocenters. The molecule has 0 aliphatic carbocycles. The Balaban J connectivity index is 1.55. The molecule has 6 nitrogen and oxygen atoms in total. The van der Waals surface area contributed by atoms with Gasteiger partial charge < -0.3 is 9.52 Å². The minimum absolute atomic E-state index is 0.00599. The monoisotopic (exact) mass is 372 g/mol. The van der Waals surface area contributed by atoms with Gasteiger partial charge in [-0.3, -0.25) is 9.58 Å². The molecule has 0 saturated heterocycles. The van der Waals surface area contributed by atoms with E-state index < -0.39 is 0 Å². The predicted molar refractivity (Wildman–Crippen MR) is 101 cm³/mol. The third-order valence-corrected chi connectivity index (χ3v) is 6.07. The molecule has 0 bridgehead atoms. The molecule has 1 aliphatic heterocycles. The molecule has 138 valence electrons. The molecular weight excluding hydrogens is 348 g/mol. The van der Waals surface area contributed by atoms with Crippen molar-refractivity contribution in [2.24, 2.45) is 0 Å². The Labute approximate surface area is 157 Å². The van der Waals surface area contributed by atoms with Crippen LogP contribution in [-0.2, 0) is 32.7 Å². The van der Waals surface area contributed by atoms with Gasteiger partial charge in [0, 0.05) is 43.9 Å². The van der Waals surface area contributed by atoms with E-state index in [-0.39, 0.29) is 6.61 Å². The van der Waals surface area contributed by atoms with Crippen molar-refractivity contribution in [3.05, 3.63) is 45.4 Å². The topological polar surface area (TPSA) is 67.3 Å². The summed E-state index contributed by atoms with van der Waals surface area (Å²) in [5.41, 5.74) is 5.43. The van der Waals surface area contributed by atoms with Crippen LogP contribution < -0.4 is 0 Å². The lowest BCUT2D eigenvalue weighted by molar-refractivity contribution is 0.233. The van der Waals surface area contributed by atoms with Gasteiger partial charge in [-0.2, -0.15) is 5.10 Å². The smallest absolute Gasteiger partial charge is 0.237 e. The van der Waals surface area contributed by atoms with Crippen LogP contribution in [0.25, 0.3) is 10.8 Å². The molecule has 7 heteroatoms. The maximum absolute atomic E-state index is 9.64. The SMILES string of the molecule is CCn1nc(CO)c2c1CCN(Cc1nc(-c3sccc3C)oc1C)C2. The maximum Gasteiger partial charge on any atom is 0.237 e. The van der Waals surface area contributed by atoms with E-state index in [1.807, 2.05) is 11.6 Å². The van der Waals surface area contributed by atoms with Crippen molar-refractivity contribution in [2.75, 3.05) is 6.54 Å². The zero-order valence-corrected chi connectivity index (χ0v) is 16.3. The number of aryl methyl sites for hydroxylation is 3. The highest BCUT2D eigenvalue weighted by atomic mass is 32.1. The zero-order valence-electron chi connectivity index (χ0n) is 15.4. The Kier molecular flexibility index (Phi) is 4.69. The Morgan fingerprint density at radius 2 is 2.15 bits per heavy atom. The molecular formula is C19H24N4O2S.